The largest absolute Gasteiger partial charge is 0.494 e. The molecule has 5 heteroatoms. The number of hydrogen-bond acceptors (Lipinski definition) is 3. The fourth-order valence-corrected chi connectivity index (χ4v) is 1.69. The maximum Gasteiger partial charge on any atom is 0.165 e. The van der Waals surface area contributed by atoms with Gasteiger partial charge in [-0.15, -0.1) is 0 Å². The molecule has 0 aliphatic carbocycles. The summed E-state index contributed by atoms with van der Waals surface area (Å²) in [6.07, 6.45) is 0. The molecule has 1 aromatic heterocycles. The van der Waals surface area contributed by atoms with Crippen molar-refractivity contribution in [2.45, 2.75) is 0 Å². The number of aromatic nitrogens is 2. The predicted octanol–water partition coefficient (Wildman–Crippen LogP) is 2.28. The number of anilines is 1. The summed E-state index contributed by atoms with van der Waals surface area (Å²) in [7, 11) is 5.06. The normalized spacial score (nSPS) is 10.4. The Morgan fingerprint density at radius 2 is 2.12 bits per heavy atom. The van der Waals surface area contributed by atoms with Crippen molar-refractivity contribution in [3.8, 4) is 17.0 Å². The van der Waals surface area contributed by atoms with Crippen LogP contribution in [0.5, 0.6) is 5.75 Å². The van der Waals surface area contributed by atoms with Gasteiger partial charge in [-0.2, -0.15) is 5.10 Å². The van der Waals surface area contributed by atoms with Crippen molar-refractivity contribution in [3.05, 3.63) is 30.1 Å². The van der Waals surface area contributed by atoms with Crippen LogP contribution in [0, 0.1) is 5.82 Å². The Kier molecular flexibility index (Phi) is 2.99. The second-order valence-electron chi connectivity index (χ2n) is 3.64. The highest BCUT2D eigenvalue weighted by atomic mass is 19.1. The molecule has 4 nitrogen and oxygen atoms in total. The van der Waals surface area contributed by atoms with Crippen LogP contribution >= 0.6 is 0 Å². The quantitative estimate of drug-likeness (QED) is 0.887. The van der Waals surface area contributed by atoms with Gasteiger partial charge in [-0.1, -0.05) is 0 Å². The average Bonchev–Trinajstić information content (AvgIpc) is 2.70. The molecule has 0 amide bonds. The number of methoxy groups -OCH3 is 1. The Morgan fingerprint density at radius 1 is 1.35 bits per heavy atom. The first-order valence-electron chi connectivity index (χ1n) is 5.21. The zero-order valence-electron chi connectivity index (χ0n) is 9.99. The molecule has 2 aromatic rings. The first-order chi connectivity index (χ1) is 8.15. The maximum atomic E-state index is 13.6. The van der Waals surface area contributed by atoms with Crippen LogP contribution in [0.1, 0.15) is 0 Å². The second-order valence-corrected chi connectivity index (χ2v) is 3.64. The summed E-state index contributed by atoms with van der Waals surface area (Å²) in [6, 6.07) is 6.71. The first-order valence-corrected chi connectivity index (χ1v) is 5.21. The van der Waals surface area contributed by atoms with Crippen LogP contribution in [-0.4, -0.2) is 23.9 Å². The van der Waals surface area contributed by atoms with E-state index in [4.69, 9.17) is 4.74 Å². The molecular formula is C12H14FN3O. The van der Waals surface area contributed by atoms with E-state index in [-0.39, 0.29) is 11.6 Å². The summed E-state index contributed by atoms with van der Waals surface area (Å²) in [6.45, 7) is 0. The molecule has 0 saturated carbocycles. The van der Waals surface area contributed by atoms with E-state index in [0.717, 1.165) is 17.1 Å². The van der Waals surface area contributed by atoms with Crippen LogP contribution in [0.2, 0.25) is 0 Å². The zero-order chi connectivity index (χ0) is 12.4. The predicted molar refractivity (Wildman–Crippen MR) is 64.7 cm³/mol. The van der Waals surface area contributed by atoms with E-state index in [1.165, 1.54) is 13.2 Å². The van der Waals surface area contributed by atoms with Gasteiger partial charge in [-0.05, 0) is 18.2 Å². The molecule has 0 atom stereocenters. The summed E-state index contributed by atoms with van der Waals surface area (Å²) < 4.78 is 20.2. The van der Waals surface area contributed by atoms with Gasteiger partial charge < -0.3 is 10.1 Å². The van der Waals surface area contributed by atoms with Crippen molar-refractivity contribution in [2.75, 3.05) is 19.5 Å². The van der Waals surface area contributed by atoms with Gasteiger partial charge in [0.25, 0.3) is 0 Å². The molecular weight excluding hydrogens is 221 g/mol. The minimum Gasteiger partial charge on any atom is -0.494 e. The average molecular weight is 235 g/mol. The summed E-state index contributed by atoms with van der Waals surface area (Å²) in [5, 5.41) is 7.17. The van der Waals surface area contributed by atoms with Crippen LogP contribution < -0.4 is 10.1 Å². The van der Waals surface area contributed by atoms with Gasteiger partial charge in [0.1, 0.15) is 5.82 Å². The highest BCUT2D eigenvalue weighted by Gasteiger charge is 2.09. The van der Waals surface area contributed by atoms with Crippen molar-refractivity contribution in [1.29, 1.82) is 0 Å². The lowest BCUT2D eigenvalue weighted by Gasteiger charge is -2.05. The Morgan fingerprint density at radius 3 is 2.65 bits per heavy atom. The molecule has 0 fully saturated rings. The van der Waals surface area contributed by atoms with Gasteiger partial charge in [-0.3, -0.25) is 4.68 Å². The van der Waals surface area contributed by atoms with E-state index in [9.17, 15) is 4.39 Å². The third-order valence-electron chi connectivity index (χ3n) is 2.58. The molecule has 0 saturated heterocycles. The molecule has 90 valence electrons. The molecule has 1 N–H and O–H groups in total. The number of benzene rings is 1. The van der Waals surface area contributed by atoms with Crippen molar-refractivity contribution in [3.63, 3.8) is 0 Å². The fraction of sp³-hybridized carbons (Fsp3) is 0.250. The zero-order valence-corrected chi connectivity index (χ0v) is 9.99. The summed E-state index contributed by atoms with van der Waals surface area (Å²) >= 11 is 0. The highest BCUT2D eigenvalue weighted by Crippen LogP contribution is 2.26. The molecule has 0 bridgehead atoms. The molecule has 0 aliphatic heterocycles. The van der Waals surface area contributed by atoms with E-state index in [1.807, 2.05) is 13.1 Å². The minimum atomic E-state index is -0.378. The standard InChI is InChI=1S/C12H14FN3O/c1-14-12-7-10(16(2)15-12)8-4-5-11(17-3)9(13)6-8/h4-7H,1-3H3,(H,14,15). The van der Waals surface area contributed by atoms with Crippen LogP contribution in [0.3, 0.4) is 0 Å². The Balaban J connectivity index is 2.45. The van der Waals surface area contributed by atoms with E-state index in [1.54, 1.807) is 23.9 Å². The van der Waals surface area contributed by atoms with Crippen molar-refractivity contribution >= 4 is 5.82 Å². The first kappa shape index (κ1) is 11.4. The molecule has 0 spiro atoms. The number of rotatable bonds is 3. The van der Waals surface area contributed by atoms with Crippen molar-refractivity contribution < 1.29 is 9.13 Å². The van der Waals surface area contributed by atoms with Gasteiger partial charge in [0.15, 0.2) is 11.6 Å². The minimum absolute atomic E-state index is 0.241. The topological polar surface area (TPSA) is 39.1 Å². The van der Waals surface area contributed by atoms with E-state index < -0.39 is 0 Å². The fourth-order valence-electron chi connectivity index (χ4n) is 1.69. The van der Waals surface area contributed by atoms with Gasteiger partial charge in [0.05, 0.1) is 12.8 Å². The lowest BCUT2D eigenvalue weighted by atomic mass is 10.1. The third kappa shape index (κ3) is 2.08. The van der Waals surface area contributed by atoms with Crippen LogP contribution in [0.25, 0.3) is 11.3 Å². The van der Waals surface area contributed by atoms with E-state index >= 15 is 0 Å². The molecule has 2 rings (SSSR count). The monoisotopic (exact) mass is 235 g/mol. The lowest BCUT2D eigenvalue weighted by molar-refractivity contribution is 0.386. The molecule has 1 heterocycles. The molecule has 0 unspecified atom stereocenters. The molecule has 0 aliphatic rings. The lowest BCUT2D eigenvalue weighted by Crippen LogP contribution is -1.96. The maximum absolute atomic E-state index is 13.6. The number of halogens is 1. The van der Waals surface area contributed by atoms with Gasteiger partial charge in [0.2, 0.25) is 0 Å². The Bertz CT molecular complexity index is 537. The smallest absolute Gasteiger partial charge is 0.165 e. The summed E-state index contributed by atoms with van der Waals surface area (Å²) in [5.74, 6) is 0.612. The van der Waals surface area contributed by atoms with Gasteiger partial charge >= 0.3 is 0 Å². The number of aryl methyl sites for hydroxylation is 1. The number of nitrogens with one attached hydrogen (secondary N) is 1. The molecule has 0 radical (unpaired) electrons. The summed E-state index contributed by atoms with van der Waals surface area (Å²) in [4.78, 5) is 0. The van der Waals surface area contributed by atoms with Crippen molar-refractivity contribution in [2.24, 2.45) is 7.05 Å². The Labute approximate surface area is 99.0 Å². The second kappa shape index (κ2) is 4.45. The van der Waals surface area contributed by atoms with Crippen LogP contribution in [0.4, 0.5) is 10.2 Å². The van der Waals surface area contributed by atoms with Crippen LogP contribution in [0.15, 0.2) is 24.3 Å². The number of ether oxygens (including phenoxy) is 1. The van der Waals surface area contributed by atoms with E-state index in [0.29, 0.717) is 0 Å². The summed E-state index contributed by atoms with van der Waals surface area (Å²) in [5.41, 5.74) is 1.61. The molecule has 1 aromatic carbocycles. The van der Waals surface area contributed by atoms with Gasteiger partial charge in [0, 0.05) is 25.7 Å². The van der Waals surface area contributed by atoms with E-state index in [2.05, 4.69) is 10.4 Å². The number of hydrogen-bond donors (Lipinski definition) is 1. The third-order valence-corrected chi connectivity index (χ3v) is 2.58. The van der Waals surface area contributed by atoms with Gasteiger partial charge in [-0.25, -0.2) is 4.39 Å². The SMILES string of the molecule is CNc1cc(-c2ccc(OC)c(F)c2)n(C)n1. The Hall–Kier alpha value is -2.04. The number of nitrogens with zero attached hydrogens (tertiary/aromatic N) is 2. The highest BCUT2D eigenvalue weighted by molar-refractivity contribution is 5.64. The van der Waals surface area contributed by atoms with Crippen molar-refractivity contribution in [1.82, 2.24) is 9.78 Å². The molecule has 17 heavy (non-hydrogen) atoms. The van der Waals surface area contributed by atoms with Crippen LogP contribution in [-0.2, 0) is 7.05 Å².